The molecule has 1 fully saturated rings. The van der Waals surface area contributed by atoms with Gasteiger partial charge in [0.25, 0.3) is 0 Å². The summed E-state index contributed by atoms with van der Waals surface area (Å²) in [6.45, 7) is 12.7. The van der Waals surface area contributed by atoms with Crippen molar-refractivity contribution < 1.29 is 0 Å². The normalized spacial score (nSPS) is 19.4. The van der Waals surface area contributed by atoms with Gasteiger partial charge in [-0.1, -0.05) is 36.8 Å². The minimum atomic E-state index is 0.724. The summed E-state index contributed by atoms with van der Waals surface area (Å²) in [5.41, 5.74) is 2.54. The highest BCUT2D eigenvalue weighted by atomic mass is 15.2. The van der Waals surface area contributed by atoms with Crippen molar-refractivity contribution in [3.8, 4) is 0 Å². The van der Waals surface area contributed by atoms with Crippen molar-refractivity contribution in [3.63, 3.8) is 0 Å². The maximum atomic E-state index is 4.69. The van der Waals surface area contributed by atoms with Gasteiger partial charge in [-0.05, 0) is 44.8 Å². The van der Waals surface area contributed by atoms with E-state index in [0.717, 1.165) is 38.1 Å². The average molecular weight is 302 g/mol. The predicted molar refractivity (Wildman–Crippen MR) is 94.2 cm³/mol. The van der Waals surface area contributed by atoms with Gasteiger partial charge in [-0.3, -0.25) is 0 Å². The van der Waals surface area contributed by atoms with E-state index in [4.69, 9.17) is 4.99 Å². The number of guanidine groups is 1. The van der Waals surface area contributed by atoms with Crippen molar-refractivity contribution in [2.24, 2.45) is 10.9 Å². The molecule has 1 aromatic rings. The third-order valence-corrected chi connectivity index (χ3v) is 4.26. The van der Waals surface area contributed by atoms with Crippen LogP contribution >= 0.6 is 0 Å². The Bertz CT molecular complexity index is 466. The lowest BCUT2D eigenvalue weighted by Crippen LogP contribution is -2.40. The van der Waals surface area contributed by atoms with E-state index in [9.17, 15) is 0 Å². The van der Waals surface area contributed by atoms with Gasteiger partial charge in [-0.25, -0.2) is 4.99 Å². The first-order valence-electron chi connectivity index (χ1n) is 8.51. The Morgan fingerprint density at radius 2 is 2.00 bits per heavy atom. The molecule has 2 rings (SSSR count). The van der Waals surface area contributed by atoms with Gasteiger partial charge < -0.3 is 15.5 Å². The molecule has 1 aliphatic heterocycles. The smallest absolute Gasteiger partial charge is 0.191 e. The van der Waals surface area contributed by atoms with E-state index in [-0.39, 0.29) is 0 Å². The Balaban J connectivity index is 1.83. The number of nitrogens with one attached hydrogen (secondary N) is 2. The molecule has 1 aromatic carbocycles. The molecule has 22 heavy (non-hydrogen) atoms. The Morgan fingerprint density at radius 1 is 1.23 bits per heavy atom. The van der Waals surface area contributed by atoms with Crippen LogP contribution in [0.4, 0.5) is 0 Å². The number of nitrogens with zero attached hydrogens (tertiary/aromatic N) is 2. The predicted octanol–water partition coefficient (Wildman–Crippen LogP) is 2.39. The summed E-state index contributed by atoms with van der Waals surface area (Å²) in [6, 6.07) is 8.59. The topological polar surface area (TPSA) is 39.7 Å². The fourth-order valence-corrected chi connectivity index (χ4v) is 2.81. The third kappa shape index (κ3) is 5.34. The van der Waals surface area contributed by atoms with Gasteiger partial charge >= 0.3 is 0 Å². The van der Waals surface area contributed by atoms with Crippen molar-refractivity contribution in [1.82, 2.24) is 15.5 Å². The van der Waals surface area contributed by atoms with Gasteiger partial charge in [0.15, 0.2) is 5.96 Å². The zero-order valence-corrected chi connectivity index (χ0v) is 14.2. The van der Waals surface area contributed by atoms with Gasteiger partial charge in [0.1, 0.15) is 0 Å². The van der Waals surface area contributed by atoms with E-state index in [1.807, 2.05) is 0 Å². The Kier molecular flexibility index (Phi) is 6.72. The number of hydrogen-bond donors (Lipinski definition) is 2. The molecule has 0 spiro atoms. The first kappa shape index (κ1) is 16.8. The number of benzene rings is 1. The summed E-state index contributed by atoms with van der Waals surface area (Å²) in [5, 5.41) is 6.84. The molecular formula is C18H30N4. The first-order chi connectivity index (χ1) is 10.7. The highest BCUT2D eigenvalue weighted by Crippen LogP contribution is 2.14. The Morgan fingerprint density at radius 3 is 2.64 bits per heavy atom. The van der Waals surface area contributed by atoms with Gasteiger partial charge in [0.2, 0.25) is 0 Å². The number of aryl methyl sites for hydroxylation is 1. The second kappa shape index (κ2) is 8.79. The van der Waals surface area contributed by atoms with Crippen LogP contribution < -0.4 is 10.6 Å². The summed E-state index contributed by atoms with van der Waals surface area (Å²) in [7, 11) is 0. The van der Waals surface area contributed by atoms with E-state index in [2.05, 4.69) is 60.6 Å². The molecule has 4 heteroatoms. The summed E-state index contributed by atoms with van der Waals surface area (Å²) in [5.74, 6) is 1.67. The molecule has 1 heterocycles. The molecule has 0 aromatic heterocycles. The number of hydrogen-bond acceptors (Lipinski definition) is 2. The molecule has 2 N–H and O–H groups in total. The lowest BCUT2D eigenvalue weighted by molar-refractivity contribution is 0.342. The number of likely N-dealkylation sites (tertiary alicyclic amines) is 1. The molecular weight excluding hydrogens is 272 g/mol. The Hall–Kier alpha value is -1.55. The molecule has 0 radical (unpaired) electrons. The number of rotatable bonds is 6. The second-order valence-corrected chi connectivity index (χ2v) is 6.11. The first-order valence-corrected chi connectivity index (χ1v) is 8.51. The van der Waals surface area contributed by atoms with E-state index in [0.29, 0.717) is 0 Å². The standard InChI is InChI=1S/C18H30N4/c1-4-19-18(20-12-16-8-6-15(3)7-9-16)21-13-17-10-11-22(5-2)14-17/h6-9,17H,4-5,10-14H2,1-3H3,(H2,19,20,21). The van der Waals surface area contributed by atoms with Crippen LogP contribution in [-0.4, -0.2) is 43.6 Å². The minimum Gasteiger partial charge on any atom is -0.357 e. The molecule has 1 saturated heterocycles. The van der Waals surface area contributed by atoms with Crippen LogP contribution in [0.3, 0.4) is 0 Å². The summed E-state index contributed by atoms with van der Waals surface area (Å²) < 4.78 is 0. The fourth-order valence-electron chi connectivity index (χ4n) is 2.81. The minimum absolute atomic E-state index is 0.724. The Labute approximate surface area is 135 Å². The highest BCUT2D eigenvalue weighted by molar-refractivity contribution is 5.79. The van der Waals surface area contributed by atoms with Crippen molar-refractivity contribution >= 4 is 5.96 Å². The van der Waals surface area contributed by atoms with Crippen LogP contribution in [0.2, 0.25) is 0 Å². The maximum Gasteiger partial charge on any atom is 0.191 e. The van der Waals surface area contributed by atoms with Crippen molar-refractivity contribution in [1.29, 1.82) is 0 Å². The van der Waals surface area contributed by atoms with Crippen LogP contribution in [0.25, 0.3) is 0 Å². The van der Waals surface area contributed by atoms with E-state index in [1.165, 1.54) is 30.6 Å². The maximum absolute atomic E-state index is 4.69. The zero-order valence-electron chi connectivity index (χ0n) is 14.2. The van der Waals surface area contributed by atoms with Gasteiger partial charge in [-0.2, -0.15) is 0 Å². The summed E-state index contributed by atoms with van der Waals surface area (Å²) >= 11 is 0. The van der Waals surface area contributed by atoms with Crippen molar-refractivity contribution in [2.75, 3.05) is 32.7 Å². The van der Waals surface area contributed by atoms with Gasteiger partial charge in [0, 0.05) is 19.6 Å². The summed E-state index contributed by atoms with van der Waals surface area (Å²) in [4.78, 5) is 7.21. The van der Waals surface area contributed by atoms with Gasteiger partial charge in [-0.15, -0.1) is 0 Å². The lowest BCUT2D eigenvalue weighted by atomic mass is 10.1. The molecule has 0 amide bonds. The lowest BCUT2D eigenvalue weighted by Gasteiger charge is -2.16. The van der Waals surface area contributed by atoms with Crippen LogP contribution in [0.1, 0.15) is 31.4 Å². The number of aliphatic imine (C=N–C) groups is 1. The fraction of sp³-hybridized carbons (Fsp3) is 0.611. The second-order valence-electron chi connectivity index (χ2n) is 6.11. The quantitative estimate of drug-likeness (QED) is 0.626. The van der Waals surface area contributed by atoms with Crippen LogP contribution in [0.15, 0.2) is 29.3 Å². The molecule has 1 unspecified atom stereocenters. The van der Waals surface area contributed by atoms with Crippen LogP contribution in [0.5, 0.6) is 0 Å². The van der Waals surface area contributed by atoms with Gasteiger partial charge in [0.05, 0.1) is 6.54 Å². The molecule has 1 aliphatic rings. The monoisotopic (exact) mass is 302 g/mol. The third-order valence-electron chi connectivity index (χ3n) is 4.26. The van der Waals surface area contributed by atoms with E-state index in [1.54, 1.807) is 0 Å². The molecule has 122 valence electrons. The molecule has 4 nitrogen and oxygen atoms in total. The highest BCUT2D eigenvalue weighted by Gasteiger charge is 2.20. The molecule has 0 saturated carbocycles. The van der Waals surface area contributed by atoms with Crippen molar-refractivity contribution in [3.05, 3.63) is 35.4 Å². The van der Waals surface area contributed by atoms with E-state index >= 15 is 0 Å². The summed E-state index contributed by atoms with van der Waals surface area (Å²) in [6.07, 6.45) is 1.29. The van der Waals surface area contributed by atoms with E-state index < -0.39 is 0 Å². The zero-order chi connectivity index (χ0) is 15.8. The molecule has 0 bridgehead atoms. The van der Waals surface area contributed by atoms with Crippen molar-refractivity contribution in [2.45, 2.75) is 33.7 Å². The molecule has 0 aliphatic carbocycles. The molecule has 1 atom stereocenters. The van der Waals surface area contributed by atoms with Crippen LogP contribution in [-0.2, 0) is 6.54 Å². The SMILES string of the molecule is CCNC(=NCc1ccc(C)cc1)NCC1CCN(CC)C1. The van der Waals surface area contributed by atoms with Crippen LogP contribution in [0, 0.1) is 12.8 Å². The average Bonchev–Trinajstić information content (AvgIpc) is 3.00. The largest absolute Gasteiger partial charge is 0.357 e.